The molecule has 1 aromatic heterocycles. The summed E-state index contributed by atoms with van der Waals surface area (Å²) in [6.45, 7) is 1.90. The molecule has 2 aromatic rings. The number of benzene rings is 1. The number of halogens is 1. The quantitative estimate of drug-likeness (QED) is 0.904. The summed E-state index contributed by atoms with van der Waals surface area (Å²) in [6.07, 6.45) is 1.32. The first-order chi connectivity index (χ1) is 9.47. The van der Waals surface area contributed by atoms with Gasteiger partial charge in [-0.25, -0.2) is 0 Å². The Labute approximate surface area is 124 Å². The van der Waals surface area contributed by atoms with Crippen molar-refractivity contribution in [2.24, 2.45) is 5.73 Å². The number of carbonyl (C=O) groups excluding carboxylic acids is 2. The Balaban J connectivity index is 2.17. The normalized spacial score (nSPS) is 10.1. The number of nitrogens with two attached hydrogens (primary N) is 1. The number of hydrogen-bond donors (Lipinski definition) is 2. The minimum atomic E-state index is -0.624. The third-order valence-corrected chi connectivity index (χ3v) is 3.21. The lowest BCUT2D eigenvalue weighted by Crippen LogP contribution is -2.16. The van der Waals surface area contributed by atoms with E-state index in [2.05, 4.69) is 26.2 Å². The highest BCUT2D eigenvalue weighted by Gasteiger charge is 2.09. The molecule has 0 aliphatic heterocycles. The number of rotatable bonds is 3. The van der Waals surface area contributed by atoms with Gasteiger partial charge < -0.3 is 11.1 Å². The van der Waals surface area contributed by atoms with Crippen LogP contribution in [0, 0.1) is 6.92 Å². The third-order valence-electron chi connectivity index (χ3n) is 2.71. The minimum absolute atomic E-state index is 0.126. The first-order valence-electron chi connectivity index (χ1n) is 5.81. The number of hydrogen-bond acceptors (Lipinski definition) is 3. The number of primary amides is 1. The van der Waals surface area contributed by atoms with Gasteiger partial charge in [0.2, 0.25) is 0 Å². The Bertz CT molecular complexity index is 669. The predicted molar refractivity (Wildman–Crippen MR) is 79.6 cm³/mol. The minimum Gasteiger partial charge on any atom is -0.364 e. The van der Waals surface area contributed by atoms with Crippen molar-refractivity contribution in [1.29, 1.82) is 0 Å². The number of carbonyl (C=O) groups is 2. The summed E-state index contributed by atoms with van der Waals surface area (Å²) in [4.78, 5) is 26.8. The van der Waals surface area contributed by atoms with Crippen LogP contribution in [0.4, 0.5) is 5.69 Å². The van der Waals surface area contributed by atoms with E-state index in [1.165, 1.54) is 18.3 Å². The van der Waals surface area contributed by atoms with E-state index in [-0.39, 0.29) is 11.6 Å². The highest BCUT2D eigenvalue weighted by molar-refractivity contribution is 9.10. The van der Waals surface area contributed by atoms with Crippen LogP contribution in [0.1, 0.15) is 26.4 Å². The summed E-state index contributed by atoms with van der Waals surface area (Å²) in [5.41, 5.74) is 7.23. The van der Waals surface area contributed by atoms with E-state index in [1.54, 1.807) is 0 Å². The zero-order valence-corrected chi connectivity index (χ0v) is 12.3. The zero-order chi connectivity index (χ0) is 14.7. The fraction of sp³-hybridized carbons (Fsp3) is 0.0714. The van der Waals surface area contributed by atoms with E-state index < -0.39 is 5.91 Å². The van der Waals surface area contributed by atoms with Gasteiger partial charge in [-0.05, 0) is 42.8 Å². The molecule has 0 spiro atoms. The second-order valence-electron chi connectivity index (χ2n) is 4.21. The highest BCUT2D eigenvalue weighted by atomic mass is 79.9. The Kier molecular flexibility index (Phi) is 4.14. The second kappa shape index (κ2) is 5.83. The molecular formula is C14H12BrN3O2. The van der Waals surface area contributed by atoms with Gasteiger partial charge in [-0.2, -0.15) is 0 Å². The maximum atomic E-state index is 12.1. The molecule has 6 heteroatoms. The molecule has 0 saturated heterocycles. The van der Waals surface area contributed by atoms with Crippen LogP contribution in [0.15, 0.2) is 41.0 Å². The monoisotopic (exact) mass is 333 g/mol. The fourth-order valence-electron chi connectivity index (χ4n) is 1.64. The molecule has 0 atom stereocenters. The lowest BCUT2D eigenvalue weighted by Gasteiger charge is -2.08. The Morgan fingerprint density at radius 1 is 1.25 bits per heavy atom. The van der Waals surface area contributed by atoms with Gasteiger partial charge in [0, 0.05) is 16.4 Å². The van der Waals surface area contributed by atoms with Crippen LogP contribution in [-0.4, -0.2) is 16.8 Å². The smallest absolute Gasteiger partial charge is 0.267 e. The van der Waals surface area contributed by atoms with Gasteiger partial charge in [-0.15, -0.1) is 0 Å². The number of pyridine rings is 1. The Hall–Kier alpha value is -2.21. The van der Waals surface area contributed by atoms with Crippen molar-refractivity contribution >= 4 is 33.4 Å². The van der Waals surface area contributed by atoms with Crippen molar-refractivity contribution in [1.82, 2.24) is 4.98 Å². The molecule has 0 radical (unpaired) electrons. The van der Waals surface area contributed by atoms with E-state index in [0.717, 1.165) is 15.7 Å². The summed E-state index contributed by atoms with van der Waals surface area (Å²) in [6, 6.07) is 8.49. The van der Waals surface area contributed by atoms with Gasteiger partial charge in [0.25, 0.3) is 11.8 Å². The van der Waals surface area contributed by atoms with Gasteiger partial charge in [0.15, 0.2) is 0 Å². The molecule has 0 unspecified atom stereocenters. The van der Waals surface area contributed by atoms with E-state index in [1.807, 2.05) is 25.1 Å². The average Bonchev–Trinajstić information content (AvgIpc) is 2.42. The Morgan fingerprint density at radius 3 is 2.55 bits per heavy atom. The number of aryl methyl sites for hydroxylation is 1. The van der Waals surface area contributed by atoms with Crippen molar-refractivity contribution in [3.8, 4) is 0 Å². The van der Waals surface area contributed by atoms with Crippen LogP contribution in [-0.2, 0) is 0 Å². The maximum absolute atomic E-state index is 12.1. The largest absolute Gasteiger partial charge is 0.364 e. The van der Waals surface area contributed by atoms with Crippen molar-refractivity contribution < 1.29 is 9.59 Å². The molecule has 0 aliphatic carbocycles. The van der Waals surface area contributed by atoms with Gasteiger partial charge >= 0.3 is 0 Å². The molecule has 1 aromatic carbocycles. The van der Waals surface area contributed by atoms with Crippen molar-refractivity contribution in [3.05, 3.63) is 57.8 Å². The number of nitrogens with one attached hydrogen (secondary N) is 1. The van der Waals surface area contributed by atoms with E-state index in [0.29, 0.717) is 5.56 Å². The zero-order valence-electron chi connectivity index (χ0n) is 10.7. The standard InChI is InChI=1S/C14H12BrN3O2/c1-8-6-10(15)3-5-11(8)18-14(20)9-2-4-12(13(16)19)17-7-9/h2-7H,1H3,(H2,16,19)(H,18,20). The van der Waals surface area contributed by atoms with Crippen molar-refractivity contribution in [3.63, 3.8) is 0 Å². The number of amides is 2. The third kappa shape index (κ3) is 3.21. The molecule has 0 saturated carbocycles. The van der Waals surface area contributed by atoms with Gasteiger partial charge in [0.05, 0.1) is 5.56 Å². The molecule has 1 heterocycles. The molecule has 102 valence electrons. The molecule has 5 nitrogen and oxygen atoms in total. The van der Waals surface area contributed by atoms with Gasteiger partial charge in [0.1, 0.15) is 5.69 Å². The van der Waals surface area contributed by atoms with E-state index in [9.17, 15) is 9.59 Å². The van der Waals surface area contributed by atoms with Crippen LogP contribution >= 0.6 is 15.9 Å². The first-order valence-corrected chi connectivity index (χ1v) is 6.60. The second-order valence-corrected chi connectivity index (χ2v) is 5.13. The number of nitrogens with zero attached hydrogens (tertiary/aromatic N) is 1. The fourth-order valence-corrected chi connectivity index (χ4v) is 2.11. The lowest BCUT2D eigenvalue weighted by atomic mass is 10.2. The van der Waals surface area contributed by atoms with Crippen LogP contribution < -0.4 is 11.1 Å². The number of anilines is 1. The van der Waals surface area contributed by atoms with Crippen LogP contribution in [0.3, 0.4) is 0 Å². The molecule has 20 heavy (non-hydrogen) atoms. The summed E-state index contributed by atoms with van der Waals surface area (Å²) in [7, 11) is 0. The van der Waals surface area contributed by atoms with Crippen LogP contribution in [0.5, 0.6) is 0 Å². The SMILES string of the molecule is Cc1cc(Br)ccc1NC(=O)c1ccc(C(N)=O)nc1. The summed E-state index contributed by atoms with van der Waals surface area (Å²) >= 11 is 3.36. The Morgan fingerprint density at radius 2 is 2.00 bits per heavy atom. The van der Waals surface area contributed by atoms with Crippen molar-refractivity contribution in [2.45, 2.75) is 6.92 Å². The predicted octanol–water partition coefficient (Wildman–Crippen LogP) is 2.50. The maximum Gasteiger partial charge on any atom is 0.267 e. The topological polar surface area (TPSA) is 85.1 Å². The molecule has 2 amide bonds. The summed E-state index contributed by atoms with van der Waals surface area (Å²) < 4.78 is 0.945. The molecule has 2 rings (SSSR count). The molecule has 3 N–H and O–H groups in total. The lowest BCUT2D eigenvalue weighted by molar-refractivity contribution is 0.0990. The van der Waals surface area contributed by atoms with Crippen LogP contribution in [0.25, 0.3) is 0 Å². The molecule has 0 bridgehead atoms. The molecular weight excluding hydrogens is 322 g/mol. The highest BCUT2D eigenvalue weighted by Crippen LogP contribution is 2.20. The van der Waals surface area contributed by atoms with Crippen molar-refractivity contribution in [2.75, 3.05) is 5.32 Å². The van der Waals surface area contributed by atoms with Gasteiger partial charge in [-0.1, -0.05) is 15.9 Å². The number of aromatic nitrogens is 1. The molecule has 0 aliphatic rings. The molecule has 0 fully saturated rings. The average molecular weight is 334 g/mol. The summed E-state index contributed by atoms with van der Waals surface area (Å²) in [5, 5.41) is 2.79. The first kappa shape index (κ1) is 14.2. The van der Waals surface area contributed by atoms with E-state index in [4.69, 9.17) is 5.73 Å². The van der Waals surface area contributed by atoms with Crippen LogP contribution in [0.2, 0.25) is 0 Å². The summed E-state index contributed by atoms with van der Waals surface area (Å²) in [5.74, 6) is -0.917. The van der Waals surface area contributed by atoms with E-state index >= 15 is 0 Å². The van der Waals surface area contributed by atoms with Gasteiger partial charge in [-0.3, -0.25) is 14.6 Å².